The lowest BCUT2D eigenvalue weighted by Gasteiger charge is -2.40. The molecule has 5 heteroatoms. The molecule has 0 aromatic heterocycles. The van der Waals surface area contributed by atoms with E-state index in [9.17, 15) is 14.7 Å². The van der Waals surface area contributed by atoms with Crippen LogP contribution in [0.2, 0.25) is 0 Å². The molecule has 0 fully saturated rings. The summed E-state index contributed by atoms with van der Waals surface area (Å²) in [6.45, 7) is 7.96. The molecule has 1 rings (SSSR count). The fourth-order valence-electron chi connectivity index (χ4n) is 2.59. The van der Waals surface area contributed by atoms with Crippen molar-refractivity contribution in [3.63, 3.8) is 0 Å². The monoisotopic (exact) mass is 316 g/mol. The molecule has 0 heterocycles. The number of rotatable bonds is 7. The topological polar surface area (TPSA) is 54.4 Å². The first-order chi connectivity index (χ1) is 9.44. The summed E-state index contributed by atoms with van der Waals surface area (Å²) < 4.78 is -0.545. The third kappa shape index (κ3) is 3.25. The Hall–Kier alpha value is -0.420. The number of hydrogen-bond acceptors (Lipinski definition) is 5. The molecule has 1 aliphatic rings. The number of Topliss-reactive ketones (excluding diaryl/α,β-unsaturated/α-hetero) is 2. The van der Waals surface area contributed by atoms with Gasteiger partial charge < -0.3 is 5.11 Å². The van der Waals surface area contributed by atoms with E-state index in [2.05, 4.69) is 0 Å². The highest BCUT2D eigenvalue weighted by molar-refractivity contribution is 8.18. The molecule has 1 unspecified atom stereocenters. The van der Waals surface area contributed by atoms with Crippen molar-refractivity contribution in [3.8, 4) is 0 Å². The number of ketones is 2. The summed E-state index contributed by atoms with van der Waals surface area (Å²) in [5.74, 6) is 1.31. The van der Waals surface area contributed by atoms with Crippen LogP contribution >= 0.6 is 23.5 Å². The molecule has 0 radical (unpaired) electrons. The van der Waals surface area contributed by atoms with Crippen LogP contribution in [0.15, 0.2) is 11.3 Å². The molecule has 0 aromatic rings. The number of carbonyl (C=O) groups is 2. The second-order valence-corrected chi connectivity index (χ2v) is 8.24. The van der Waals surface area contributed by atoms with Crippen LogP contribution in [0.25, 0.3) is 0 Å². The van der Waals surface area contributed by atoms with Crippen molar-refractivity contribution >= 4 is 35.1 Å². The number of hydrogen-bond donors (Lipinski definition) is 1. The Labute approximate surface area is 130 Å². The SMILES string of the molecule is CCCC(=O)C1=C(O)C(SCC)(SCC)C(C)CC1=O. The number of aliphatic hydroxyl groups is 1. The first-order valence-corrected chi connectivity index (χ1v) is 9.19. The quantitative estimate of drug-likeness (QED) is 0.569. The molecule has 1 aliphatic carbocycles. The number of aliphatic hydroxyl groups excluding tert-OH is 1. The van der Waals surface area contributed by atoms with Crippen molar-refractivity contribution < 1.29 is 14.7 Å². The van der Waals surface area contributed by atoms with E-state index in [-0.39, 0.29) is 28.8 Å². The van der Waals surface area contributed by atoms with Crippen molar-refractivity contribution in [1.82, 2.24) is 0 Å². The van der Waals surface area contributed by atoms with Gasteiger partial charge in [0.05, 0.1) is 0 Å². The van der Waals surface area contributed by atoms with Gasteiger partial charge in [-0.25, -0.2) is 0 Å². The molecule has 0 aromatic carbocycles. The van der Waals surface area contributed by atoms with Crippen LogP contribution in [-0.4, -0.2) is 32.3 Å². The van der Waals surface area contributed by atoms with Gasteiger partial charge in [0.15, 0.2) is 11.6 Å². The Morgan fingerprint density at radius 1 is 1.30 bits per heavy atom. The molecule has 0 bridgehead atoms. The van der Waals surface area contributed by atoms with Gasteiger partial charge >= 0.3 is 0 Å². The van der Waals surface area contributed by atoms with Crippen molar-refractivity contribution in [1.29, 1.82) is 0 Å². The third-order valence-corrected chi connectivity index (χ3v) is 6.79. The van der Waals surface area contributed by atoms with Gasteiger partial charge in [-0.3, -0.25) is 9.59 Å². The Kier molecular flexibility index (Phi) is 6.65. The Balaban J connectivity index is 3.33. The summed E-state index contributed by atoms with van der Waals surface area (Å²) >= 11 is 3.26. The second kappa shape index (κ2) is 7.55. The Morgan fingerprint density at radius 3 is 2.30 bits per heavy atom. The fourth-order valence-corrected chi connectivity index (χ4v) is 5.70. The van der Waals surface area contributed by atoms with Gasteiger partial charge in [0, 0.05) is 12.8 Å². The molecule has 0 amide bonds. The van der Waals surface area contributed by atoms with Gasteiger partial charge in [0.25, 0.3) is 0 Å². The Bertz CT molecular complexity index is 409. The van der Waals surface area contributed by atoms with Crippen LogP contribution in [0.3, 0.4) is 0 Å². The maximum absolute atomic E-state index is 12.2. The average molecular weight is 316 g/mol. The largest absolute Gasteiger partial charge is 0.509 e. The fraction of sp³-hybridized carbons (Fsp3) is 0.733. The third-order valence-electron chi connectivity index (χ3n) is 3.46. The summed E-state index contributed by atoms with van der Waals surface area (Å²) in [4.78, 5) is 24.3. The number of thioether (sulfide) groups is 2. The zero-order valence-corrected chi connectivity index (χ0v) is 14.3. The second-order valence-electron chi connectivity index (χ2n) is 4.96. The molecule has 3 nitrogen and oxygen atoms in total. The minimum atomic E-state index is -0.545. The van der Waals surface area contributed by atoms with Crippen LogP contribution in [0, 0.1) is 5.92 Å². The van der Waals surface area contributed by atoms with E-state index in [1.54, 1.807) is 23.5 Å². The molecular weight excluding hydrogens is 292 g/mol. The molecule has 0 saturated heterocycles. The lowest BCUT2D eigenvalue weighted by atomic mass is 9.84. The van der Waals surface area contributed by atoms with Crippen molar-refractivity contribution in [2.24, 2.45) is 5.92 Å². The van der Waals surface area contributed by atoms with E-state index in [0.717, 1.165) is 11.5 Å². The summed E-state index contributed by atoms with van der Waals surface area (Å²) in [6.07, 6.45) is 1.35. The molecule has 114 valence electrons. The summed E-state index contributed by atoms with van der Waals surface area (Å²) in [5, 5.41) is 10.7. The van der Waals surface area contributed by atoms with E-state index in [4.69, 9.17) is 0 Å². The summed E-state index contributed by atoms with van der Waals surface area (Å²) in [5.41, 5.74) is 0.0619. The van der Waals surface area contributed by atoms with E-state index >= 15 is 0 Å². The van der Waals surface area contributed by atoms with Gasteiger partial charge in [-0.2, -0.15) is 0 Å². The van der Waals surface area contributed by atoms with Crippen LogP contribution in [-0.2, 0) is 9.59 Å². The maximum atomic E-state index is 12.2. The number of carbonyl (C=O) groups excluding carboxylic acids is 2. The highest BCUT2D eigenvalue weighted by Crippen LogP contribution is 2.52. The average Bonchev–Trinajstić information content (AvgIpc) is 2.37. The van der Waals surface area contributed by atoms with Crippen LogP contribution in [0.1, 0.15) is 47.0 Å². The summed E-state index contributed by atoms with van der Waals surface area (Å²) in [6, 6.07) is 0. The molecule has 0 saturated carbocycles. The van der Waals surface area contributed by atoms with Crippen molar-refractivity contribution in [3.05, 3.63) is 11.3 Å². The molecule has 20 heavy (non-hydrogen) atoms. The minimum absolute atomic E-state index is 0.0124. The lowest BCUT2D eigenvalue weighted by Crippen LogP contribution is -2.41. The van der Waals surface area contributed by atoms with Gasteiger partial charge in [-0.05, 0) is 23.8 Å². The van der Waals surface area contributed by atoms with E-state index in [0.29, 0.717) is 19.3 Å². The minimum Gasteiger partial charge on any atom is -0.509 e. The first-order valence-electron chi connectivity index (χ1n) is 7.22. The van der Waals surface area contributed by atoms with Gasteiger partial charge in [-0.1, -0.05) is 27.7 Å². The Morgan fingerprint density at radius 2 is 1.85 bits per heavy atom. The van der Waals surface area contributed by atoms with Crippen molar-refractivity contribution in [2.45, 2.75) is 51.0 Å². The predicted molar refractivity (Wildman–Crippen MR) is 87.4 cm³/mol. The zero-order chi connectivity index (χ0) is 15.3. The zero-order valence-electron chi connectivity index (χ0n) is 12.7. The van der Waals surface area contributed by atoms with E-state index < -0.39 is 4.08 Å². The van der Waals surface area contributed by atoms with Crippen LogP contribution in [0.5, 0.6) is 0 Å². The maximum Gasteiger partial charge on any atom is 0.170 e. The number of allylic oxidation sites excluding steroid dienone is 1. The first kappa shape index (κ1) is 17.6. The van der Waals surface area contributed by atoms with Gasteiger partial charge in [0.2, 0.25) is 0 Å². The molecule has 1 atom stereocenters. The van der Waals surface area contributed by atoms with E-state index in [1.807, 2.05) is 27.7 Å². The van der Waals surface area contributed by atoms with E-state index in [1.165, 1.54) is 0 Å². The molecule has 0 aliphatic heterocycles. The molecular formula is C15H24O3S2. The summed E-state index contributed by atoms with van der Waals surface area (Å²) in [7, 11) is 0. The molecule has 0 spiro atoms. The van der Waals surface area contributed by atoms with Gasteiger partial charge in [0.1, 0.15) is 15.4 Å². The standard InChI is InChI=1S/C15H24O3S2/c1-5-8-11(16)13-12(17)9-10(4)15(14(13)18,19-6-2)20-7-3/h10,18H,5-9H2,1-4H3. The van der Waals surface area contributed by atoms with Gasteiger partial charge in [-0.15, -0.1) is 23.5 Å². The predicted octanol–water partition coefficient (Wildman–Crippen LogP) is 3.98. The van der Waals surface area contributed by atoms with Crippen molar-refractivity contribution in [2.75, 3.05) is 11.5 Å². The normalized spacial score (nSPS) is 22.2. The highest BCUT2D eigenvalue weighted by atomic mass is 32.2. The lowest BCUT2D eigenvalue weighted by molar-refractivity contribution is -0.122. The smallest absolute Gasteiger partial charge is 0.170 e. The van der Waals surface area contributed by atoms with Crippen LogP contribution in [0.4, 0.5) is 0 Å². The van der Waals surface area contributed by atoms with Crippen LogP contribution < -0.4 is 0 Å². The highest BCUT2D eigenvalue weighted by Gasteiger charge is 2.48. The molecule has 1 N–H and O–H groups in total.